The number of rotatable bonds is 3. The zero-order valence-electron chi connectivity index (χ0n) is 15.9. The lowest BCUT2D eigenvalue weighted by Crippen LogP contribution is -2.59. The van der Waals surface area contributed by atoms with Crippen molar-refractivity contribution in [3.05, 3.63) is 40.3 Å². The van der Waals surface area contributed by atoms with Gasteiger partial charge in [-0.25, -0.2) is 4.68 Å². The fourth-order valence-electron chi connectivity index (χ4n) is 5.16. The third-order valence-corrected chi connectivity index (χ3v) is 6.44. The molecular formula is C20H24N4O3. The van der Waals surface area contributed by atoms with Crippen molar-refractivity contribution >= 4 is 22.6 Å². The number of benzene rings is 1. The van der Waals surface area contributed by atoms with E-state index in [0.29, 0.717) is 30.6 Å². The Labute approximate surface area is 157 Å². The summed E-state index contributed by atoms with van der Waals surface area (Å²) in [4.78, 5) is 39.3. The Morgan fingerprint density at radius 1 is 1.26 bits per heavy atom. The minimum absolute atomic E-state index is 0.0152. The molecule has 2 fully saturated rings. The van der Waals surface area contributed by atoms with Crippen molar-refractivity contribution < 1.29 is 9.59 Å². The average Bonchev–Trinajstić information content (AvgIpc) is 2.96. The second-order valence-electron chi connectivity index (χ2n) is 8.61. The predicted molar refractivity (Wildman–Crippen MR) is 101 cm³/mol. The van der Waals surface area contributed by atoms with Gasteiger partial charge in [0, 0.05) is 18.5 Å². The molecule has 7 nitrogen and oxygen atoms in total. The number of hydrogen-bond donors (Lipinski definition) is 1. The Balaban J connectivity index is 1.61. The van der Waals surface area contributed by atoms with Crippen molar-refractivity contribution in [1.29, 1.82) is 0 Å². The van der Waals surface area contributed by atoms with Crippen LogP contribution in [0.1, 0.15) is 26.0 Å². The van der Waals surface area contributed by atoms with Crippen LogP contribution >= 0.6 is 0 Å². The molecule has 0 spiro atoms. The fraction of sp³-hybridized carbons (Fsp3) is 0.500. The number of carbonyl (C=O) groups excluding carboxylic acids is 2. The van der Waals surface area contributed by atoms with Crippen LogP contribution in [0.15, 0.2) is 29.1 Å². The van der Waals surface area contributed by atoms with E-state index in [0.717, 1.165) is 5.39 Å². The lowest BCUT2D eigenvalue weighted by Gasteiger charge is -2.54. The van der Waals surface area contributed by atoms with E-state index < -0.39 is 5.41 Å². The predicted octanol–water partition coefficient (Wildman–Crippen LogP) is 1.06. The molecule has 7 heteroatoms. The molecule has 4 rings (SSSR count). The molecule has 1 aromatic carbocycles. The van der Waals surface area contributed by atoms with Crippen LogP contribution in [0.2, 0.25) is 0 Å². The van der Waals surface area contributed by atoms with E-state index in [4.69, 9.17) is 5.73 Å². The Morgan fingerprint density at radius 2 is 1.93 bits per heavy atom. The maximum absolute atomic E-state index is 12.9. The van der Waals surface area contributed by atoms with Crippen molar-refractivity contribution in [2.45, 2.75) is 33.7 Å². The van der Waals surface area contributed by atoms with E-state index >= 15 is 0 Å². The summed E-state index contributed by atoms with van der Waals surface area (Å²) in [6.07, 6.45) is 0.692. The second kappa shape index (κ2) is 5.65. The van der Waals surface area contributed by atoms with E-state index in [1.807, 2.05) is 19.1 Å². The van der Waals surface area contributed by atoms with Crippen LogP contribution in [-0.2, 0) is 16.1 Å². The molecule has 2 aliphatic rings. The standard InChI is InChI=1S/C20H24N4O3/c1-12-13-6-4-5-7-14(13)17(26)24(22-12)9-16(25)23-8-15-19(2,3)10-20(15,11-23)18(21)27/h4-7,15H,8-11H2,1-3H3,(H2,21,27)/t15-,20+/m1/s1. The number of primary amides is 1. The molecule has 2 heterocycles. The van der Waals surface area contributed by atoms with Crippen LogP contribution in [0, 0.1) is 23.7 Å². The highest BCUT2D eigenvalue weighted by atomic mass is 16.2. The van der Waals surface area contributed by atoms with E-state index in [2.05, 4.69) is 18.9 Å². The van der Waals surface area contributed by atoms with Crippen LogP contribution < -0.4 is 11.3 Å². The third-order valence-electron chi connectivity index (χ3n) is 6.44. The van der Waals surface area contributed by atoms with Crippen LogP contribution in [0.3, 0.4) is 0 Å². The van der Waals surface area contributed by atoms with Crippen molar-refractivity contribution in [2.75, 3.05) is 13.1 Å². The van der Waals surface area contributed by atoms with Gasteiger partial charge in [0.25, 0.3) is 5.56 Å². The number of aryl methyl sites for hydroxylation is 1. The Morgan fingerprint density at radius 3 is 2.52 bits per heavy atom. The molecule has 2 atom stereocenters. The van der Waals surface area contributed by atoms with Gasteiger partial charge in [-0.1, -0.05) is 32.0 Å². The highest BCUT2D eigenvalue weighted by molar-refractivity contribution is 5.86. The number of carbonyl (C=O) groups is 2. The molecule has 27 heavy (non-hydrogen) atoms. The first-order valence-corrected chi connectivity index (χ1v) is 9.20. The summed E-state index contributed by atoms with van der Waals surface area (Å²) in [5, 5.41) is 5.65. The molecule has 1 aliphatic carbocycles. The molecule has 1 aliphatic heterocycles. The number of nitrogens with zero attached hydrogens (tertiary/aromatic N) is 3. The highest BCUT2D eigenvalue weighted by Gasteiger charge is 2.66. The minimum Gasteiger partial charge on any atom is -0.369 e. The molecule has 1 saturated heterocycles. The maximum atomic E-state index is 12.9. The number of likely N-dealkylation sites (tertiary alicyclic amines) is 1. The molecule has 0 unspecified atom stereocenters. The first-order valence-electron chi connectivity index (χ1n) is 9.20. The summed E-state index contributed by atoms with van der Waals surface area (Å²) in [5.74, 6) is -0.474. The number of nitrogens with two attached hydrogens (primary N) is 1. The Kier molecular flexibility index (Phi) is 3.70. The first kappa shape index (κ1) is 17.7. The summed E-state index contributed by atoms with van der Waals surface area (Å²) in [6.45, 7) is 6.72. The van der Waals surface area contributed by atoms with Gasteiger partial charge in [0.05, 0.1) is 16.5 Å². The van der Waals surface area contributed by atoms with Crippen LogP contribution in [0.5, 0.6) is 0 Å². The van der Waals surface area contributed by atoms with E-state index in [1.165, 1.54) is 4.68 Å². The second-order valence-corrected chi connectivity index (χ2v) is 8.61. The molecule has 2 amide bonds. The van der Waals surface area contributed by atoms with Crippen LogP contribution in [0.4, 0.5) is 0 Å². The van der Waals surface area contributed by atoms with Crippen molar-refractivity contribution in [2.24, 2.45) is 22.5 Å². The summed E-state index contributed by atoms with van der Waals surface area (Å²) < 4.78 is 1.22. The lowest BCUT2D eigenvalue weighted by molar-refractivity contribution is -0.148. The Bertz CT molecular complexity index is 1030. The highest BCUT2D eigenvalue weighted by Crippen LogP contribution is 2.62. The summed E-state index contributed by atoms with van der Waals surface area (Å²) in [5.41, 5.74) is 5.45. The normalized spacial score (nSPS) is 25.9. The van der Waals surface area contributed by atoms with E-state index in [9.17, 15) is 14.4 Å². The molecule has 0 bridgehead atoms. The van der Waals surface area contributed by atoms with Crippen LogP contribution in [0.25, 0.3) is 10.8 Å². The van der Waals surface area contributed by atoms with Gasteiger partial charge in [-0.05, 0) is 30.7 Å². The van der Waals surface area contributed by atoms with Gasteiger partial charge in [0.1, 0.15) is 6.54 Å². The molecule has 2 N–H and O–H groups in total. The van der Waals surface area contributed by atoms with Crippen molar-refractivity contribution in [3.63, 3.8) is 0 Å². The van der Waals surface area contributed by atoms with Gasteiger partial charge in [0.15, 0.2) is 0 Å². The van der Waals surface area contributed by atoms with Crippen molar-refractivity contribution in [1.82, 2.24) is 14.7 Å². The number of fused-ring (bicyclic) bond motifs is 2. The monoisotopic (exact) mass is 368 g/mol. The smallest absolute Gasteiger partial charge is 0.275 e. The number of aromatic nitrogens is 2. The molecular weight excluding hydrogens is 344 g/mol. The van der Waals surface area contributed by atoms with Crippen LogP contribution in [-0.4, -0.2) is 39.6 Å². The zero-order chi connectivity index (χ0) is 19.6. The fourth-order valence-corrected chi connectivity index (χ4v) is 5.16. The average molecular weight is 368 g/mol. The summed E-state index contributed by atoms with van der Waals surface area (Å²) in [7, 11) is 0. The van der Waals surface area contributed by atoms with E-state index in [1.54, 1.807) is 17.0 Å². The third kappa shape index (κ3) is 2.48. The van der Waals surface area contributed by atoms with Gasteiger partial charge in [0.2, 0.25) is 11.8 Å². The zero-order valence-corrected chi connectivity index (χ0v) is 15.9. The van der Waals surface area contributed by atoms with Gasteiger partial charge < -0.3 is 10.6 Å². The van der Waals surface area contributed by atoms with E-state index in [-0.39, 0.29) is 35.3 Å². The largest absolute Gasteiger partial charge is 0.369 e. The lowest BCUT2D eigenvalue weighted by atomic mass is 9.48. The summed E-state index contributed by atoms with van der Waals surface area (Å²) in [6, 6.07) is 7.25. The molecule has 1 saturated carbocycles. The first-order chi connectivity index (χ1) is 12.7. The minimum atomic E-state index is -0.628. The maximum Gasteiger partial charge on any atom is 0.275 e. The van der Waals surface area contributed by atoms with Gasteiger partial charge in [-0.3, -0.25) is 14.4 Å². The van der Waals surface area contributed by atoms with Gasteiger partial charge in [-0.2, -0.15) is 5.10 Å². The molecule has 0 radical (unpaired) electrons. The molecule has 1 aromatic heterocycles. The quantitative estimate of drug-likeness (QED) is 0.876. The van der Waals surface area contributed by atoms with Gasteiger partial charge in [-0.15, -0.1) is 0 Å². The topological polar surface area (TPSA) is 98.3 Å². The van der Waals surface area contributed by atoms with Gasteiger partial charge >= 0.3 is 0 Å². The van der Waals surface area contributed by atoms with Crippen molar-refractivity contribution in [3.8, 4) is 0 Å². The SMILES string of the molecule is Cc1nn(CC(=O)N2C[C@@H]3C(C)(C)C[C@]3(C(N)=O)C2)c(=O)c2ccccc12. The molecule has 2 aromatic rings. The number of hydrogen-bond acceptors (Lipinski definition) is 4. The summed E-state index contributed by atoms with van der Waals surface area (Å²) >= 11 is 0. The Hall–Kier alpha value is -2.70. The molecule has 142 valence electrons. The number of amides is 2.